The Labute approximate surface area is 297 Å². The number of aryl methyl sites for hydroxylation is 1. The highest BCUT2D eigenvalue weighted by atomic mass is 19.1. The Hall–Kier alpha value is -5.55. The van der Waals surface area contributed by atoms with Crippen molar-refractivity contribution in [3.8, 4) is 17.1 Å². The molecule has 6 heterocycles. The molecule has 3 aliphatic heterocycles. The number of aromatic amines is 1. The Morgan fingerprint density at radius 3 is 2.85 bits per heavy atom. The zero-order chi connectivity index (χ0) is 36.0. The zero-order valence-corrected chi connectivity index (χ0v) is 28.5. The van der Waals surface area contributed by atoms with Gasteiger partial charge in [0.2, 0.25) is 6.54 Å². The van der Waals surface area contributed by atoms with Gasteiger partial charge in [0.05, 0.1) is 22.9 Å². The van der Waals surface area contributed by atoms with Crippen molar-refractivity contribution in [2.45, 2.75) is 43.9 Å². The third kappa shape index (κ3) is 5.98. The minimum Gasteiger partial charge on any atom is -0.461 e. The van der Waals surface area contributed by atoms with Crippen LogP contribution in [0.25, 0.3) is 43.9 Å². The lowest BCUT2D eigenvalue weighted by molar-refractivity contribution is -0.130. The minimum absolute atomic E-state index is 0.0394. The number of halogens is 3. The van der Waals surface area contributed by atoms with Gasteiger partial charge < -0.3 is 19.4 Å². The zero-order valence-electron chi connectivity index (χ0n) is 28.5. The molecule has 5 aromatic rings. The Morgan fingerprint density at radius 1 is 1.13 bits per heavy atom. The fourth-order valence-corrected chi connectivity index (χ4v) is 8.12. The number of H-pyrrole nitrogens is 1. The third-order valence-electron chi connectivity index (χ3n) is 10.6. The first-order valence-electron chi connectivity index (χ1n) is 17.4. The summed E-state index contributed by atoms with van der Waals surface area (Å²) in [6, 6.07) is 11.5. The predicted octanol–water partition coefficient (Wildman–Crippen LogP) is 5.92. The Bertz CT molecular complexity index is 2240. The van der Waals surface area contributed by atoms with Crippen LogP contribution in [0.4, 0.5) is 19.0 Å². The number of anilines is 1. The van der Waals surface area contributed by atoms with Gasteiger partial charge in [0.25, 0.3) is 5.91 Å². The van der Waals surface area contributed by atoms with Crippen LogP contribution in [-0.4, -0.2) is 104 Å². The van der Waals surface area contributed by atoms with E-state index in [1.54, 1.807) is 36.5 Å². The first-order chi connectivity index (χ1) is 25.2. The van der Waals surface area contributed by atoms with Crippen molar-refractivity contribution in [1.29, 1.82) is 0 Å². The average molecular weight is 708 g/mol. The number of carbonyl (C=O) groups excluding carboxylic acids is 1. The molecule has 0 unspecified atom stereocenters. The summed E-state index contributed by atoms with van der Waals surface area (Å²) in [4.78, 5) is 35.7. The van der Waals surface area contributed by atoms with Crippen LogP contribution in [-0.2, 0) is 4.79 Å². The molecule has 0 spiro atoms. The van der Waals surface area contributed by atoms with Crippen LogP contribution in [0, 0.1) is 19.3 Å². The molecule has 0 bridgehead atoms. The SMILES string of the molecule is [C-]#[N+]C[C@H]1CN(c2nc(OC[C@@]34CCCN3C[C@H](F)C4)nc3c(F)c(-c4c(C)ccc5[nH]ncc45)ccc23)CCN1C(=O)/C(F)=C/c1ccccn1. The fraction of sp³-hybridized carbons (Fsp3) is 0.368. The summed E-state index contributed by atoms with van der Waals surface area (Å²) in [5.41, 5.74) is 2.49. The van der Waals surface area contributed by atoms with Gasteiger partial charge in [-0.3, -0.25) is 19.8 Å². The van der Waals surface area contributed by atoms with E-state index in [0.29, 0.717) is 41.0 Å². The number of hydrogen-bond acceptors (Lipinski definition) is 8. The highest BCUT2D eigenvalue weighted by Crippen LogP contribution is 2.41. The number of benzene rings is 2. The number of rotatable bonds is 8. The average Bonchev–Trinajstić information content (AvgIpc) is 3.86. The van der Waals surface area contributed by atoms with Gasteiger partial charge in [-0.15, -0.1) is 0 Å². The van der Waals surface area contributed by atoms with Crippen molar-refractivity contribution in [3.05, 3.63) is 89.2 Å². The number of nitrogens with zero attached hydrogens (tertiary/aromatic N) is 8. The van der Waals surface area contributed by atoms with Gasteiger partial charge in [0.1, 0.15) is 30.2 Å². The molecule has 52 heavy (non-hydrogen) atoms. The van der Waals surface area contributed by atoms with Crippen LogP contribution in [0.1, 0.15) is 30.5 Å². The number of aromatic nitrogens is 5. The normalized spacial score (nSPS) is 22.2. The van der Waals surface area contributed by atoms with E-state index >= 15 is 8.78 Å². The van der Waals surface area contributed by atoms with E-state index in [4.69, 9.17) is 16.3 Å². The van der Waals surface area contributed by atoms with Crippen molar-refractivity contribution in [2.75, 3.05) is 50.8 Å². The summed E-state index contributed by atoms with van der Waals surface area (Å²) >= 11 is 0. The second kappa shape index (κ2) is 13.5. The summed E-state index contributed by atoms with van der Waals surface area (Å²) in [7, 11) is 0. The monoisotopic (exact) mass is 707 g/mol. The first-order valence-corrected chi connectivity index (χ1v) is 17.4. The maximum Gasteiger partial charge on any atom is 0.319 e. The summed E-state index contributed by atoms with van der Waals surface area (Å²) < 4.78 is 53.0. The van der Waals surface area contributed by atoms with Crippen molar-refractivity contribution >= 4 is 39.6 Å². The summed E-state index contributed by atoms with van der Waals surface area (Å²) in [5, 5.41) is 8.29. The Morgan fingerprint density at radius 2 is 2.02 bits per heavy atom. The third-order valence-corrected chi connectivity index (χ3v) is 10.6. The van der Waals surface area contributed by atoms with Gasteiger partial charge in [-0.2, -0.15) is 15.1 Å². The molecule has 11 nitrogen and oxygen atoms in total. The number of fused-ring (bicyclic) bond motifs is 3. The van der Waals surface area contributed by atoms with Gasteiger partial charge in [0.15, 0.2) is 11.6 Å². The van der Waals surface area contributed by atoms with E-state index in [2.05, 4.69) is 29.9 Å². The topological polar surface area (TPSA) is 108 Å². The number of nitrogens with one attached hydrogen (secondary N) is 1. The second-order valence-electron chi connectivity index (χ2n) is 13.8. The van der Waals surface area contributed by atoms with Crippen LogP contribution in [0.15, 0.2) is 60.7 Å². The molecule has 2 aromatic carbocycles. The van der Waals surface area contributed by atoms with Crippen molar-refractivity contribution in [1.82, 2.24) is 34.9 Å². The minimum atomic E-state index is -0.981. The first kappa shape index (κ1) is 33.6. The lowest BCUT2D eigenvalue weighted by atomic mass is 9.95. The number of alkyl halides is 1. The molecule has 0 saturated carbocycles. The summed E-state index contributed by atoms with van der Waals surface area (Å²) in [5.74, 6) is -2.02. The quantitative estimate of drug-likeness (QED) is 0.157. The van der Waals surface area contributed by atoms with Crippen molar-refractivity contribution < 1.29 is 22.7 Å². The van der Waals surface area contributed by atoms with E-state index in [9.17, 15) is 9.18 Å². The van der Waals surface area contributed by atoms with Crippen LogP contribution in [0.5, 0.6) is 6.01 Å². The van der Waals surface area contributed by atoms with E-state index in [1.807, 2.05) is 24.0 Å². The maximum atomic E-state index is 16.9. The van der Waals surface area contributed by atoms with Gasteiger partial charge in [-0.1, -0.05) is 18.2 Å². The second-order valence-corrected chi connectivity index (χ2v) is 13.8. The van der Waals surface area contributed by atoms with Gasteiger partial charge in [-0.25, -0.2) is 19.7 Å². The Kier molecular flexibility index (Phi) is 8.74. The summed E-state index contributed by atoms with van der Waals surface area (Å²) in [6.45, 7) is 11.2. The molecule has 1 amide bonds. The molecule has 3 aromatic heterocycles. The standard InChI is InChI=1S/C38H36F3N9O2/c1-23-7-10-31-29(19-44-47-31)32(23)27-8-9-28-34(33(27)41)45-37(52-22-38-11-5-13-49(38)20-24(39)17-38)46-35(28)48-14-15-50(26(21-48)18-42-2)36(51)30(40)16-25-6-3-4-12-43-25/h3-4,6-10,12,16,19,24,26H,5,11,13-15,17-18,20-22H2,1H3,(H,44,47)/b30-16-/t24-,26+,38+/m1/s1. The van der Waals surface area contributed by atoms with Gasteiger partial charge in [-0.05, 0) is 61.7 Å². The molecule has 3 fully saturated rings. The highest BCUT2D eigenvalue weighted by Gasteiger charge is 2.49. The smallest absolute Gasteiger partial charge is 0.319 e. The molecule has 14 heteroatoms. The number of piperazine rings is 1. The number of ether oxygens (including phenoxy) is 1. The molecule has 3 atom stereocenters. The lowest BCUT2D eigenvalue weighted by Gasteiger charge is -2.40. The largest absolute Gasteiger partial charge is 0.461 e. The van der Waals surface area contributed by atoms with E-state index in [-0.39, 0.29) is 44.3 Å². The van der Waals surface area contributed by atoms with E-state index in [0.717, 1.165) is 41.9 Å². The lowest BCUT2D eigenvalue weighted by Crippen LogP contribution is -2.56. The van der Waals surface area contributed by atoms with Crippen LogP contribution in [0.2, 0.25) is 0 Å². The number of carbonyl (C=O) groups is 1. The molecular weight excluding hydrogens is 671 g/mol. The van der Waals surface area contributed by atoms with E-state index < -0.39 is 35.3 Å². The van der Waals surface area contributed by atoms with Crippen molar-refractivity contribution in [3.63, 3.8) is 0 Å². The van der Waals surface area contributed by atoms with Gasteiger partial charge >= 0.3 is 6.01 Å². The maximum absolute atomic E-state index is 16.9. The van der Waals surface area contributed by atoms with E-state index in [1.165, 1.54) is 11.1 Å². The predicted molar refractivity (Wildman–Crippen MR) is 190 cm³/mol. The number of amides is 1. The van der Waals surface area contributed by atoms with Crippen LogP contribution in [0.3, 0.4) is 0 Å². The van der Waals surface area contributed by atoms with Crippen LogP contribution >= 0.6 is 0 Å². The molecule has 3 saturated heterocycles. The van der Waals surface area contributed by atoms with Crippen molar-refractivity contribution in [2.24, 2.45) is 0 Å². The molecule has 8 rings (SSSR count). The number of hydrogen-bond donors (Lipinski definition) is 1. The molecule has 0 radical (unpaired) electrons. The molecular formula is C38H36F3N9O2. The van der Waals surface area contributed by atoms with Crippen LogP contribution < -0.4 is 9.64 Å². The summed E-state index contributed by atoms with van der Waals surface area (Å²) in [6.07, 6.45) is 5.36. The fourth-order valence-electron chi connectivity index (χ4n) is 8.12. The molecule has 266 valence electrons. The Balaban J connectivity index is 1.17. The number of pyridine rings is 1. The molecule has 3 aliphatic rings. The van der Waals surface area contributed by atoms with Gasteiger partial charge in [0, 0.05) is 61.2 Å². The molecule has 1 N–H and O–H groups in total. The molecule has 0 aliphatic carbocycles. The highest BCUT2D eigenvalue weighted by molar-refractivity contribution is 6.00.